The van der Waals surface area contributed by atoms with Crippen molar-refractivity contribution in [1.82, 2.24) is 20.4 Å². The molecule has 0 aromatic carbocycles. The van der Waals surface area contributed by atoms with Gasteiger partial charge in [-0.3, -0.25) is 14.7 Å². The predicted molar refractivity (Wildman–Crippen MR) is 119 cm³/mol. The molecule has 2 aliphatic rings. The summed E-state index contributed by atoms with van der Waals surface area (Å²) in [5.74, 6) is 1.72. The molecule has 0 aromatic rings. The number of halogens is 1. The predicted octanol–water partition coefficient (Wildman–Crippen LogP) is 2.29. The minimum atomic E-state index is 0. The third-order valence-corrected chi connectivity index (χ3v) is 5.58. The molecule has 0 saturated carbocycles. The van der Waals surface area contributed by atoms with Crippen LogP contribution < -0.4 is 10.6 Å². The number of carbonyl (C=O) groups excluding carboxylic acids is 1. The van der Waals surface area contributed by atoms with E-state index in [1.807, 2.05) is 0 Å². The number of nitrogens with one attached hydrogen (secondary N) is 2. The van der Waals surface area contributed by atoms with E-state index in [2.05, 4.69) is 34.3 Å². The first-order valence-electron chi connectivity index (χ1n) is 10.2. The van der Waals surface area contributed by atoms with Crippen LogP contribution in [0, 0.1) is 5.92 Å². The highest BCUT2D eigenvalue weighted by Gasteiger charge is 2.24. The maximum absolute atomic E-state index is 11.6. The number of hydrogen-bond donors (Lipinski definition) is 2. The summed E-state index contributed by atoms with van der Waals surface area (Å²) in [6.45, 7) is 10.6. The van der Waals surface area contributed by atoms with Crippen LogP contribution in [0.1, 0.15) is 52.4 Å². The second kappa shape index (κ2) is 12.8. The van der Waals surface area contributed by atoms with Crippen molar-refractivity contribution in [1.29, 1.82) is 0 Å². The van der Waals surface area contributed by atoms with Crippen LogP contribution >= 0.6 is 24.0 Å². The van der Waals surface area contributed by atoms with Crippen LogP contribution in [0.3, 0.4) is 0 Å². The zero-order valence-corrected chi connectivity index (χ0v) is 19.1. The number of amides is 1. The molecule has 2 aliphatic heterocycles. The van der Waals surface area contributed by atoms with Gasteiger partial charge in [0.1, 0.15) is 0 Å². The normalized spacial score (nSPS) is 20.6. The van der Waals surface area contributed by atoms with Gasteiger partial charge in [-0.25, -0.2) is 0 Å². The zero-order chi connectivity index (χ0) is 18.1. The molecule has 0 aromatic heterocycles. The molecule has 2 fully saturated rings. The van der Waals surface area contributed by atoms with Crippen LogP contribution in [0.2, 0.25) is 0 Å². The first kappa shape index (κ1) is 23.5. The number of hydrogen-bond acceptors (Lipinski definition) is 3. The molecule has 1 atom stereocenters. The molecule has 0 bridgehead atoms. The fourth-order valence-electron chi connectivity index (χ4n) is 3.94. The molecule has 0 aliphatic carbocycles. The summed E-state index contributed by atoms with van der Waals surface area (Å²) in [6.07, 6.45) is 6.63. The topological polar surface area (TPSA) is 60.0 Å². The van der Waals surface area contributed by atoms with Crippen molar-refractivity contribution in [2.24, 2.45) is 10.9 Å². The Balaban J connectivity index is 0.00000338. The molecule has 1 amide bonds. The number of rotatable bonds is 7. The lowest BCUT2D eigenvalue weighted by Gasteiger charge is -2.34. The summed E-state index contributed by atoms with van der Waals surface area (Å²) >= 11 is 0. The van der Waals surface area contributed by atoms with Crippen molar-refractivity contribution in [2.45, 2.75) is 58.4 Å². The van der Waals surface area contributed by atoms with Crippen LogP contribution in [-0.4, -0.2) is 74.0 Å². The quantitative estimate of drug-likeness (QED) is 0.334. The fourth-order valence-corrected chi connectivity index (χ4v) is 3.94. The second-order valence-corrected chi connectivity index (χ2v) is 7.31. The fraction of sp³-hybridized carbons (Fsp3) is 0.895. The highest BCUT2D eigenvalue weighted by molar-refractivity contribution is 14.0. The standard InChI is InChI=1S/C19H37N5O.HI/c1-4-17(23-10-6-7-11-23)15-22-19(21-5-2)24-12-8-16(9-13-24)14-18(25)20-3;/h16-17H,4-15H2,1-3H3,(H,20,25)(H,21,22);1H. The summed E-state index contributed by atoms with van der Waals surface area (Å²) in [5.41, 5.74) is 0. The largest absolute Gasteiger partial charge is 0.359 e. The lowest BCUT2D eigenvalue weighted by Crippen LogP contribution is -2.46. The third kappa shape index (κ3) is 7.21. The van der Waals surface area contributed by atoms with Crippen molar-refractivity contribution in [3.8, 4) is 0 Å². The van der Waals surface area contributed by atoms with Gasteiger partial charge in [0.25, 0.3) is 0 Å². The zero-order valence-electron chi connectivity index (χ0n) is 16.8. The molecule has 6 nitrogen and oxygen atoms in total. The Kier molecular flexibility index (Phi) is 11.5. The molecule has 1 unspecified atom stereocenters. The summed E-state index contributed by atoms with van der Waals surface area (Å²) in [6, 6.07) is 0.571. The van der Waals surface area contributed by atoms with Gasteiger partial charge in [0.15, 0.2) is 5.96 Å². The van der Waals surface area contributed by atoms with Gasteiger partial charge in [0, 0.05) is 39.1 Å². The number of piperidine rings is 1. The van der Waals surface area contributed by atoms with E-state index in [0.717, 1.165) is 51.4 Å². The lowest BCUT2D eigenvalue weighted by molar-refractivity contribution is -0.121. The molecule has 2 N–H and O–H groups in total. The van der Waals surface area contributed by atoms with E-state index in [9.17, 15) is 4.79 Å². The minimum absolute atomic E-state index is 0. The Morgan fingerprint density at radius 2 is 1.81 bits per heavy atom. The van der Waals surface area contributed by atoms with Crippen LogP contribution in [0.25, 0.3) is 0 Å². The number of carbonyl (C=O) groups is 1. The second-order valence-electron chi connectivity index (χ2n) is 7.31. The van der Waals surface area contributed by atoms with Crippen molar-refractivity contribution in [2.75, 3.05) is 46.3 Å². The molecule has 2 saturated heterocycles. The molecule has 0 spiro atoms. The van der Waals surface area contributed by atoms with E-state index < -0.39 is 0 Å². The average Bonchev–Trinajstić information content (AvgIpc) is 3.16. The number of likely N-dealkylation sites (tertiary alicyclic amines) is 2. The number of aliphatic imine (C=N–C) groups is 1. The highest BCUT2D eigenvalue weighted by Crippen LogP contribution is 2.21. The average molecular weight is 479 g/mol. The molecular weight excluding hydrogens is 441 g/mol. The minimum Gasteiger partial charge on any atom is -0.359 e. The van der Waals surface area contributed by atoms with E-state index in [1.54, 1.807) is 7.05 Å². The molecule has 0 radical (unpaired) electrons. The maximum Gasteiger partial charge on any atom is 0.220 e. The third-order valence-electron chi connectivity index (χ3n) is 5.58. The molecule has 26 heavy (non-hydrogen) atoms. The molecule has 152 valence electrons. The van der Waals surface area contributed by atoms with E-state index in [-0.39, 0.29) is 29.9 Å². The molecule has 2 rings (SSSR count). The Morgan fingerprint density at radius 1 is 1.15 bits per heavy atom. The first-order valence-corrected chi connectivity index (χ1v) is 10.2. The van der Waals surface area contributed by atoms with Crippen molar-refractivity contribution >= 4 is 35.8 Å². The van der Waals surface area contributed by atoms with Gasteiger partial charge in [0.2, 0.25) is 5.91 Å². The summed E-state index contributed by atoms with van der Waals surface area (Å²) in [7, 11) is 1.72. The van der Waals surface area contributed by atoms with Gasteiger partial charge in [-0.1, -0.05) is 6.92 Å². The summed E-state index contributed by atoms with van der Waals surface area (Å²) in [4.78, 5) is 21.5. The van der Waals surface area contributed by atoms with Gasteiger partial charge in [0.05, 0.1) is 6.54 Å². The summed E-state index contributed by atoms with van der Waals surface area (Å²) < 4.78 is 0. The van der Waals surface area contributed by atoms with Crippen LogP contribution in [-0.2, 0) is 4.79 Å². The van der Waals surface area contributed by atoms with E-state index in [0.29, 0.717) is 18.4 Å². The Labute approximate surface area is 176 Å². The van der Waals surface area contributed by atoms with Gasteiger partial charge < -0.3 is 15.5 Å². The maximum atomic E-state index is 11.6. The van der Waals surface area contributed by atoms with E-state index in [4.69, 9.17) is 4.99 Å². The lowest BCUT2D eigenvalue weighted by atomic mass is 9.93. The van der Waals surface area contributed by atoms with Gasteiger partial charge in [-0.2, -0.15) is 0 Å². The Morgan fingerprint density at radius 3 is 2.35 bits per heavy atom. The van der Waals surface area contributed by atoms with Crippen LogP contribution in [0.4, 0.5) is 0 Å². The van der Waals surface area contributed by atoms with Crippen molar-refractivity contribution in [3.05, 3.63) is 0 Å². The van der Waals surface area contributed by atoms with Crippen LogP contribution in [0.15, 0.2) is 4.99 Å². The summed E-state index contributed by atoms with van der Waals surface area (Å²) in [5, 5.41) is 6.21. The first-order chi connectivity index (χ1) is 12.2. The van der Waals surface area contributed by atoms with Crippen molar-refractivity contribution < 1.29 is 4.79 Å². The Hall–Kier alpha value is -0.570. The SMILES string of the molecule is CCNC(=NCC(CC)N1CCCC1)N1CCC(CC(=O)NC)CC1.I. The number of guanidine groups is 1. The molecule has 7 heteroatoms. The molecular formula is C19H38IN5O. The van der Waals surface area contributed by atoms with Gasteiger partial charge in [-0.05, 0) is 58.0 Å². The Bertz CT molecular complexity index is 432. The van der Waals surface area contributed by atoms with E-state index >= 15 is 0 Å². The van der Waals surface area contributed by atoms with Crippen molar-refractivity contribution in [3.63, 3.8) is 0 Å². The number of nitrogens with zero attached hydrogens (tertiary/aromatic N) is 3. The monoisotopic (exact) mass is 479 g/mol. The van der Waals surface area contributed by atoms with Gasteiger partial charge >= 0.3 is 0 Å². The smallest absolute Gasteiger partial charge is 0.220 e. The van der Waals surface area contributed by atoms with Crippen LogP contribution in [0.5, 0.6) is 0 Å². The molecule has 2 heterocycles. The van der Waals surface area contributed by atoms with Gasteiger partial charge in [-0.15, -0.1) is 24.0 Å². The highest BCUT2D eigenvalue weighted by atomic mass is 127. The van der Waals surface area contributed by atoms with E-state index in [1.165, 1.54) is 25.9 Å².